The first-order valence-corrected chi connectivity index (χ1v) is 7.06. The number of carbonyl (C=O) groups is 1. The highest BCUT2D eigenvalue weighted by Crippen LogP contribution is 2.30. The number of ether oxygens (including phenoxy) is 1. The number of nitrogens with two attached hydrogens (primary N) is 1. The van der Waals surface area contributed by atoms with Crippen LogP contribution in [-0.4, -0.2) is 36.5 Å². The van der Waals surface area contributed by atoms with E-state index < -0.39 is 0 Å². The molecule has 0 atom stereocenters. The number of rotatable bonds is 5. The number of amides is 1. The van der Waals surface area contributed by atoms with Crippen molar-refractivity contribution >= 4 is 5.91 Å². The van der Waals surface area contributed by atoms with Crippen molar-refractivity contribution in [2.24, 2.45) is 5.73 Å². The van der Waals surface area contributed by atoms with Crippen LogP contribution < -0.4 is 10.5 Å². The van der Waals surface area contributed by atoms with E-state index in [2.05, 4.69) is 0 Å². The lowest BCUT2D eigenvalue weighted by molar-refractivity contribution is 0.0742. The molecule has 0 saturated heterocycles. The maximum atomic E-state index is 12.6. The monoisotopic (exact) mass is 260 g/mol. The molecule has 2 aliphatic rings. The molecule has 0 unspecified atom stereocenters. The van der Waals surface area contributed by atoms with Crippen LogP contribution >= 0.6 is 0 Å². The Kier molecular flexibility index (Phi) is 3.42. The van der Waals surface area contributed by atoms with Gasteiger partial charge in [-0.3, -0.25) is 4.79 Å². The summed E-state index contributed by atoms with van der Waals surface area (Å²) < 4.78 is 5.48. The molecule has 19 heavy (non-hydrogen) atoms. The van der Waals surface area contributed by atoms with Crippen LogP contribution in [-0.2, 0) is 6.42 Å². The predicted molar refractivity (Wildman–Crippen MR) is 73.4 cm³/mol. The van der Waals surface area contributed by atoms with E-state index in [1.807, 2.05) is 23.1 Å². The van der Waals surface area contributed by atoms with Crippen LogP contribution in [0.4, 0.5) is 0 Å². The van der Waals surface area contributed by atoms with Gasteiger partial charge in [-0.05, 0) is 49.6 Å². The van der Waals surface area contributed by atoms with Crippen molar-refractivity contribution in [3.63, 3.8) is 0 Å². The van der Waals surface area contributed by atoms with Gasteiger partial charge in [0.25, 0.3) is 5.91 Å². The SMILES string of the molecule is NCCCN(C(=O)c1ccc2c(c1)CCO2)C1CC1. The highest BCUT2D eigenvalue weighted by atomic mass is 16.5. The van der Waals surface area contributed by atoms with Gasteiger partial charge in [0.2, 0.25) is 0 Å². The van der Waals surface area contributed by atoms with Gasteiger partial charge in [0.15, 0.2) is 0 Å². The first kappa shape index (κ1) is 12.5. The van der Waals surface area contributed by atoms with Crippen LogP contribution in [0.5, 0.6) is 5.75 Å². The number of nitrogens with zero attached hydrogens (tertiary/aromatic N) is 1. The van der Waals surface area contributed by atoms with Crippen LogP contribution in [0.3, 0.4) is 0 Å². The van der Waals surface area contributed by atoms with Gasteiger partial charge >= 0.3 is 0 Å². The quantitative estimate of drug-likeness (QED) is 0.874. The minimum absolute atomic E-state index is 0.144. The maximum Gasteiger partial charge on any atom is 0.254 e. The van der Waals surface area contributed by atoms with Crippen LogP contribution in [0.2, 0.25) is 0 Å². The summed E-state index contributed by atoms with van der Waals surface area (Å²) in [6, 6.07) is 6.22. The van der Waals surface area contributed by atoms with Gasteiger partial charge in [0.05, 0.1) is 6.61 Å². The lowest BCUT2D eigenvalue weighted by Gasteiger charge is -2.22. The molecule has 1 aromatic carbocycles. The highest BCUT2D eigenvalue weighted by Gasteiger charge is 2.32. The molecule has 1 fully saturated rings. The molecule has 1 heterocycles. The zero-order valence-electron chi connectivity index (χ0n) is 11.1. The van der Waals surface area contributed by atoms with E-state index >= 15 is 0 Å². The predicted octanol–water partition coefficient (Wildman–Crippen LogP) is 1.57. The molecule has 1 aromatic rings. The van der Waals surface area contributed by atoms with Crippen molar-refractivity contribution in [2.45, 2.75) is 31.7 Å². The molecule has 2 N–H and O–H groups in total. The van der Waals surface area contributed by atoms with Crippen molar-refractivity contribution in [3.05, 3.63) is 29.3 Å². The highest BCUT2D eigenvalue weighted by molar-refractivity contribution is 5.95. The second-order valence-corrected chi connectivity index (χ2v) is 5.29. The van der Waals surface area contributed by atoms with Crippen molar-refractivity contribution in [3.8, 4) is 5.75 Å². The molecule has 1 saturated carbocycles. The summed E-state index contributed by atoms with van der Waals surface area (Å²) in [5.74, 6) is 1.07. The number of hydrogen-bond acceptors (Lipinski definition) is 3. The van der Waals surface area contributed by atoms with Crippen LogP contribution in [0.25, 0.3) is 0 Å². The number of hydrogen-bond donors (Lipinski definition) is 1. The first-order chi connectivity index (χ1) is 9.29. The zero-order chi connectivity index (χ0) is 13.2. The maximum absolute atomic E-state index is 12.6. The second kappa shape index (κ2) is 5.21. The number of carbonyl (C=O) groups excluding carboxylic acids is 1. The molecule has 1 amide bonds. The average Bonchev–Trinajstić information content (AvgIpc) is 3.15. The first-order valence-electron chi connectivity index (χ1n) is 7.06. The normalized spacial score (nSPS) is 16.9. The summed E-state index contributed by atoms with van der Waals surface area (Å²) in [6.45, 7) is 2.13. The molecule has 1 aliphatic heterocycles. The van der Waals surface area contributed by atoms with E-state index in [4.69, 9.17) is 10.5 Å². The summed E-state index contributed by atoms with van der Waals surface area (Å²) >= 11 is 0. The summed E-state index contributed by atoms with van der Waals surface area (Å²) in [4.78, 5) is 14.6. The van der Waals surface area contributed by atoms with Crippen LogP contribution in [0.1, 0.15) is 35.2 Å². The third-order valence-corrected chi connectivity index (χ3v) is 3.79. The Morgan fingerprint density at radius 3 is 3.00 bits per heavy atom. The Balaban J connectivity index is 1.77. The van der Waals surface area contributed by atoms with Crippen LogP contribution in [0.15, 0.2) is 18.2 Å². The molecule has 0 bridgehead atoms. The largest absolute Gasteiger partial charge is 0.493 e. The van der Waals surface area contributed by atoms with Gasteiger partial charge in [-0.2, -0.15) is 0 Å². The molecule has 1 aliphatic carbocycles. The fraction of sp³-hybridized carbons (Fsp3) is 0.533. The van der Waals surface area contributed by atoms with E-state index in [9.17, 15) is 4.79 Å². The van der Waals surface area contributed by atoms with E-state index in [0.717, 1.165) is 55.7 Å². The molecular weight excluding hydrogens is 240 g/mol. The minimum atomic E-state index is 0.144. The molecule has 4 heteroatoms. The van der Waals surface area contributed by atoms with Gasteiger partial charge < -0.3 is 15.4 Å². The number of fused-ring (bicyclic) bond motifs is 1. The van der Waals surface area contributed by atoms with E-state index in [1.54, 1.807) is 0 Å². The third-order valence-electron chi connectivity index (χ3n) is 3.79. The molecule has 4 nitrogen and oxygen atoms in total. The molecular formula is C15H20N2O2. The summed E-state index contributed by atoms with van der Waals surface area (Å²) in [6.07, 6.45) is 4.04. The van der Waals surface area contributed by atoms with E-state index in [-0.39, 0.29) is 5.91 Å². The standard InChI is InChI=1S/C15H20N2O2/c16-7-1-8-17(13-3-4-13)15(18)12-2-5-14-11(10-12)6-9-19-14/h2,5,10,13H,1,3-4,6-9,16H2. The lowest BCUT2D eigenvalue weighted by atomic mass is 10.1. The Morgan fingerprint density at radius 2 is 2.26 bits per heavy atom. The molecule has 102 valence electrons. The molecule has 3 rings (SSSR count). The third kappa shape index (κ3) is 2.59. The van der Waals surface area contributed by atoms with E-state index in [0.29, 0.717) is 12.6 Å². The van der Waals surface area contributed by atoms with Gasteiger partial charge in [-0.15, -0.1) is 0 Å². The van der Waals surface area contributed by atoms with Crippen molar-refractivity contribution in [1.82, 2.24) is 4.90 Å². The zero-order valence-corrected chi connectivity index (χ0v) is 11.1. The average molecular weight is 260 g/mol. The smallest absolute Gasteiger partial charge is 0.254 e. The molecule has 0 radical (unpaired) electrons. The van der Waals surface area contributed by atoms with Crippen molar-refractivity contribution in [2.75, 3.05) is 19.7 Å². The minimum Gasteiger partial charge on any atom is -0.493 e. The Hall–Kier alpha value is -1.55. The van der Waals surface area contributed by atoms with Crippen molar-refractivity contribution < 1.29 is 9.53 Å². The van der Waals surface area contributed by atoms with Gasteiger partial charge in [-0.25, -0.2) is 0 Å². The summed E-state index contributed by atoms with van der Waals surface area (Å²) in [5.41, 5.74) is 7.49. The summed E-state index contributed by atoms with van der Waals surface area (Å²) in [7, 11) is 0. The van der Waals surface area contributed by atoms with Gasteiger partial charge in [0.1, 0.15) is 5.75 Å². The van der Waals surface area contributed by atoms with Crippen molar-refractivity contribution in [1.29, 1.82) is 0 Å². The Labute approximate surface area is 113 Å². The number of benzene rings is 1. The van der Waals surface area contributed by atoms with Gasteiger partial charge in [0, 0.05) is 24.6 Å². The Bertz CT molecular complexity index is 483. The van der Waals surface area contributed by atoms with Gasteiger partial charge in [-0.1, -0.05) is 0 Å². The lowest BCUT2D eigenvalue weighted by Crippen LogP contribution is -2.34. The van der Waals surface area contributed by atoms with E-state index in [1.165, 1.54) is 0 Å². The second-order valence-electron chi connectivity index (χ2n) is 5.29. The molecule has 0 aromatic heterocycles. The fourth-order valence-electron chi connectivity index (χ4n) is 2.58. The molecule has 0 spiro atoms. The Morgan fingerprint density at radius 1 is 1.42 bits per heavy atom. The summed E-state index contributed by atoms with van der Waals surface area (Å²) in [5, 5.41) is 0. The fourth-order valence-corrected chi connectivity index (χ4v) is 2.58. The topological polar surface area (TPSA) is 55.6 Å². The van der Waals surface area contributed by atoms with Crippen LogP contribution in [0, 0.1) is 0 Å².